The van der Waals surface area contributed by atoms with Crippen LogP contribution in [0.25, 0.3) is 0 Å². The van der Waals surface area contributed by atoms with Gasteiger partial charge in [0.1, 0.15) is 12.1 Å². The van der Waals surface area contributed by atoms with Crippen LogP contribution in [0.15, 0.2) is 12.4 Å². The van der Waals surface area contributed by atoms with Gasteiger partial charge in [0, 0.05) is 24.8 Å². The van der Waals surface area contributed by atoms with Crippen molar-refractivity contribution in [2.75, 3.05) is 18.0 Å². The Kier molecular flexibility index (Phi) is 2.17. The van der Waals surface area contributed by atoms with Gasteiger partial charge in [-0.1, -0.05) is 13.8 Å². The molecule has 0 atom stereocenters. The fourth-order valence-corrected chi connectivity index (χ4v) is 1.92. The molecule has 0 bridgehead atoms. The van der Waals surface area contributed by atoms with Gasteiger partial charge in [-0.25, -0.2) is 9.97 Å². The summed E-state index contributed by atoms with van der Waals surface area (Å²) in [6, 6.07) is 2.06. The highest BCUT2D eigenvalue weighted by Gasteiger charge is 2.29. The lowest BCUT2D eigenvalue weighted by Crippen LogP contribution is -2.23. The molecule has 0 aromatic carbocycles. The minimum absolute atomic E-state index is 0.429. The van der Waals surface area contributed by atoms with E-state index in [0.717, 1.165) is 24.6 Å². The van der Waals surface area contributed by atoms with Crippen LogP contribution >= 0.6 is 0 Å². The Morgan fingerprint density at radius 2 is 2.14 bits per heavy atom. The zero-order valence-electron chi connectivity index (χ0n) is 9.12. The van der Waals surface area contributed by atoms with Gasteiger partial charge in [-0.2, -0.15) is 0 Å². The molecule has 14 heavy (non-hydrogen) atoms. The number of nitrogens with zero attached hydrogens (tertiary/aromatic N) is 3. The molecule has 0 radical (unpaired) electrons. The molecule has 0 saturated carbocycles. The van der Waals surface area contributed by atoms with E-state index in [2.05, 4.69) is 34.8 Å². The third kappa shape index (κ3) is 1.86. The largest absolute Gasteiger partial charge is 0.356 e. The van der Waals surface area contributed by atoms with Gasteiger partial charge >= 0.3 is 0 Å². The van der Waals surface area contributed by atoms with E-state index >= 15 is 0 Å². The minimum atomic E-state index is 0.429. The molecular weight excluding hydrogens is 174 g/mol. The number of hydrogen-bond donors (Lipinski definition) is 0. The highest BCUT2D eigenvalue weighted by molar-refractivity contribution is 5.40. The normalized spacial score (nSPS) is 20.1. The first-order valence-corrected chi connectivity index (χ1v) is 5.10. The van der Waals surface area contributed by atoms with Gasteiger partial charge in [0.15, 0.2) is 0 Å². The van der Waals surface area contributed by atoms with Crippen LogP contribution in [0.4, 0.5) is 5.82 Å². The smallest absolute Gasteiger partial charge is 0.132 e. The summed E-state index contributed by atoms with van der Waals surface area (Å²) in [6.45, 7) is 8.83. The molecule has 1 aliphatic rings. The molecule has 0 amide bonds. The van der Waals surface area contributed by atoms with Crippen LogP contribution in [0.3, 0.4) is 0 Å². The van der Waals surface area contributed by atoms with Crippen LogP contribution in [0, 0.1) is 12.3 Å². The van der Waals surface area contributed by atoms with Crippen molar-refractivity contribution < 1.29 is 0 Å². The van der Waals surface area contributed by atoms with E-state index in [1.165, 1.54) is 6.42 Å². The Hall–Kier alpha value is -1.12. The van der Waals surface area contributed by atoms with E-state index in [-0.39, 0.29) is 0 Å². The summed E-state index contributed by atoms with van der Waals surface area (Å²) in [4.78, 5) is 10.8. The van der Waals surface area contributed by atoms with Crippen LogP contribution in [0.5, 0.6) is 0 Å². The second kappa shape index (κ2) is 3.23. The highest BCUT2D eigenvalue weighted by Crippen LogP contribution is 2.31. The van der Waals surface area contributed by atoms with Crippen molar-refractivity contribution in [3.63, 3.8) is 0 Å². The maximum atomic E-state index is 4.30. The molecule has 1 fully saturated rings. The summed E-state index contributed by atoms with van der Waals surface area (Å²) in [5.74, 6) is 1.07. The summed E-state index contributed by atoms with van der Waals surface area (Å²) in [5.41, 5.74) is 1.47. The molecule has 0 spiro atoms. The highest BCUT2D eigenvalue weighted by atomic mass is 15.2. The van der Waals surface area contributed by atoms with Crippen LogP contribution in [-0.2, 0) is 0 Å². The molecule has 1 aromatic heterocycles. The molecule has 1 saturated heterocycles. The van der Waals surface area contributed by atoms with Crippen molar-refractivity contribution in [2.24, 2.45) is 5.41 Å². The van der Waals surface area contributed by atoms with Crippen LogP contribution in [0.2, 0.25) is 0 Å². The maximum absolute atomic E-state index is 4.30. The molecule has 2 heterocycles. The second-order valence-electron chi connectivity index (χ2n) is 4.85. The molecule has 3 heteroatoms. The van der Waals surface area contributed by atoms with Gasteiger partial charge in [0.25, 0.3) is 0 Å². The van der Waals surface area contributed by atoms with Crippen LogP contribution < -0.4 is 4.90 Å². The Morgan fingerprint density at radius 1 is 1.36 bits per heavy atom. The van der Waals surface area contributed by atoms with Crippen molar-refractivity contribution >= 4 is 5.82 Å². The fraction of sp³-hybridized carbons (Fsp3) is 0.636. The first kappa shape index (κ1) is 9.44. The van der Waals surface area contributed by atoms with Gasteiger partial charge in [-0.05, 0) is 18.8 Å². The number of hydrogen-bond acceptors (Lipinski definition) is 3. The maximum Gasteiger partial charge on any atom is 0.132 e. The Labute approximate surface area is 85.2 Å². The SMILES string of the molecule is Cc1cc(N2CCC(C)(C)C2)ncn1. The molecule has 3 nitrogen and oxygen atoms in total. The molecule has 1 aromatic rings. The number of aryl methyl sites for hydroxylation is 1. The van der Waals surface area contributed by atoms with Crippen molar-refractivity contribution in [3.05, 3.63) is 18.1 Å². The average molecular weight is 191 g/mol. The fourth-order valence-electron chi connectivity index (χ4n) is 1.92. The molecule has 0 unspecified atom stereocenters. The van der Waals surface area contributed by atoms with Gasteiger partial charge in [0.05, 0.1) is 0 Å². The van der Waals surface area contributed by atoms with Crippen molar-refractivity contribution in [2.45, 2.75) is 27.2 Å². The van der Waals surface area contributed by atoms with E-state index in [4.69, 9.17) is 0 Å². The van der Waals surface area contributed by atoms with E-state index in [1.54, 1.807) is 6.33 Å². The average Bonchev–Trinajstić information content (AvgIpc) is 2.46. The first-order chi connectivity index (χ1) is 6.57. The summed E-state index contributed by atoms with van der Waals surface area (Å²) in [7, 11) is 0. The minimum Gasteiger partial charge on any atom is -0.356 e. The summed E-state index contributed by atoms with van der Waals surface area (Å²) in [6.07, 6.45) is 2.89. The topological polar surface area (TPSA) is 29.0 Å². The van der Waals surface area contributed by atoms with Gasteiger partial charge in [-0.3, -0.25) is 0 Å². The standard InChI is InChI=1S/C11H17N3/c1-9-6-10(13-8-12-9)14-5-4-11(2,3)7-14/h6,8H,4-5,7H2,1-3H3. The van der Waals surface area contributed by atoms with E-state index in [9.17, 15) is 0 Å². The first-order valence-electron chi connectivity index (χ1n) is 5.10. The summed E-state index contributed by atoms with van der Waals surface area (Å²) < 4.78 is 0. The van der Waals surface area contributed by atoms with E-state index in [0.29, 0.717) is 5.41 Å². The Balaban J connectivity index is 2.17. The number of rotatable bonds is 1. The summed E-state index contributed by atoms with van der Waals surface area (Å²) in [5, 5.41) is 0. The van der Waals surface area contributed by atoms with E-state index < -0.39 is 0 Å². The molecule has 1 aliphatic heterocycles. The summed E-state index contributed by atoms with van der Waals surface area (Å²) >= 11 is 0. The quantitative estimate of drug-likeness (QED) is 0.680. The van der Waals surface area contributed by atoms with Crippen molar-refractivity contribution in [1.82, 2.24) is 9.97 Å². The zero-order valence-corrected chi connectivity index (χ0v) is 9.12. The van der Waals surface area contributed by atoms with Gasteiger partial charge in [-0.15, -0.1) is 0 Å². The Morgan fingerprint density at radius 3 is 2.71 bits per heavy atom. The van der Waals surface area contributed by atoms with Crippen LogP contribution in [0.1, 0.15) is 26.0 Å². The number of anilines is 1. The molecule has 2 rings (SSSR count). The monoisotopic (exact) mass is 191 g/mol. The second-order valence-corrected chi connectivity index (χ2v) is 4.85. The predicted molar refractivity (Wildman–Crippen MR) is 57.4 cm³/mol. The lowest BCUT2D eigenvalue weighted by molar-refractivity contribution is 0.418. The molecule has 0 N–H and O–H groups in total. The predicted octanol–water partition coefficient (Wildman–Crippen LogP) is 2.02. The molecular formula is C11H17N3. The molecule has 0 aliphatic carbocycles. The Bertz CT molecular complexity index is 333. The lowest BCUT2D eigenvalue weighted by Gasteiger charge is -2.20. The molecule has 76 valence electrons. The van der Waals surface area contributed by atoms with Gasteiger partial charge in [0.2, 0.25) is 0 Å². The van der Waals surface area contributed by atoms with Crippen LogP contribution in [-0.4, -0.2) is 23.1 Å². The zero-order chi connectivity index (χ0) is 10.2. The number of aromatic nitrogens is 2. The van der Waals surface area contributed by atoms with Crippen molar-refractivity contribution in [1.29, 1.82) is 0 Å². The lowest BCUT2D eigenvalue weighted by atomic mass is 9.93. The van der Waals surface area contributed by atoms with E-state index in [1.807, 2.05) is 6.92 Å². The third-order valence-corrected chi connectivity index (χ3v) is 2.79. The van der Waals surface area contributed by atoms with Gasteiger partial charge < -0.3 is 4.90 Å². The third-order valence-electron chi connectivity index (χ3n) is 2.79. The van der Waals surface area contributed by atoms with Crippen molar-refractivity contribution in [3.8, 4) is 0 Å².